The Labute approximate surface area is 125 Å². The summed E-state index contributed by atoms with van der Waals surface area (Å²) < 4.78 is 26.6. The van der Waals surface area contributed by atoms with Crippen molar-refractivity contribution in [3.8, 4) is 0 Å². The van der Waals surface area contributed by atoms with Crippen LogP contribution >= 0.6 is 0 Å². The Bertz CT molecular complexity index is 687. The zero-order chi connectivity index (χ0) is 15.5. The maximum Gasteiger partial charge on any atom is 0.234 e. The topological polar surface area (TPSA) is 87.7 Å². The van der Waals surface area contributed by atoms with E-state index < -0.39 is 10.0 Å². The van der Waals surface area contributed by atoms with Gasteiger partial charge in [0.05, 0.1) is 5.75 Å². The standard InChI is InChI=1S/C14H20N4O2S/c1-14(2,3)12-10-13(17-16-12)18-21(19,20)9-7-11-6-4-5-8-15-11/h4-6,8,10H,7,9H2,1-3H3,(H2,16,17,18). The maximum atomic E-state index is 12.0. The van der Waals surface area contributed by atoms with Crippen LogP contribution in [0.15, 0.2) is 30.5 Å². The molecule has 0 aromatic carbocycles. The van der Waals surface area contributed by atoms with E-state index in [0.29, 0.717) is 12.2 Å². The van der Waals surface area contributed by atoms with Crippen LogP contribution in [0, 0.1) is 0 Å². The number of aromatic amines is 1. The quantitative estimate of drug-likeness (QED) is 0.885. The van der Waals surface area contributed by atoms with Crippen LogP contribution in [-0.2, 0) is 21.9 Å². The normalized spacial score (nSPS) is 12.3. The van der Waals surface area contributed by atoms with E-state index in [9.17, 15) is 8.42 Å². The van der Waals surface area contributed by atoms with Crippen LogP contribution in [0.4, 0.5) is 5.82 Å². The molecular formula is C14H20N4O2S. The van der Waals surface area contributed by atoms with Gasteiger partial charge in [-0.25, -0.2) is 8.42 Å². The Morgan fingerprint density at radius 2 is 2.05 bits per heavy atom. The number of hydrogen-bond acceptors (Lipinski definition) is 4. The smallest absolute Gasteiger partial charge is 0.234 e. The summed E-state index contributed by atoms with van der Waals surface area (Å²) in [7, 11) is -3.44. The third-order valence-electron chi connectivity index (χ3n) is 3.00. The molecular weight excluding hydrogens is 288 g/mol. The molecule has 2 heterocycles. The summed E-state index contributed by atoms with van der Waals surface area (Å²) >= 11 is 0. The molecule has 0 spiro atoms. The molecule has 2 rings (SSSR count). The Morgan fingerprint density at radius 3 is 2.62 bits per heavy atom. The molecule has 0 radical (unpaired) electrons. The van der Waals surface area contributed by atoms with Crippen molar-refractivity contribution in [3.63, 3.8) is 0 Å². The Balaban J connectivity index is 1.99. The SMILES string of the molecule is CC(C)(C)c1cc(NS(=O)(=O)CCc2ccccn2)n[nH]1. The van der Waals surface area contributed by atoms with Gasteiger partial charge in [0, 0.05) is 35.5 Å². The first-order valence-corrected chi connectivity index (χ1v) is 8.38. The predicted molar refractivity (Wildman–Crippen MR) is 82.6 cm³/mol. The van der Waals surface area contributed by atoms with Crippen molar-refractivity contribution in [1.82, 2.24) is 15.2 Å². The minimum Gasteiger partial charge on any atom is -0.280 e. The summed E-state index contributed by atoms with van der Waals surface area (Å²) in [5.74, 6) is 0.294. The van der Waals surface area contributed by atoms with Gasteiger partial charge in [0.2, 0.25) is 10.0 Å². The predicted octanol–water partition coefficient (Wildman–Crippen LogP) is 2.09. The van der Waals surface area contributed by atoms with Crippen LogP contribution in [0.25, 0.3) is 0 Å². The van der Waals surface area contributed by atoms with Gasteiger partial charge in [-0.2, -0.15) is 5.10 Å². The van der Waals surface area contributed by atoms with E-state index >= 15 is 0 Å². The Kier molecular flexibility index (Phi) is 4.32. The van der Waals surface area contributed by atoms with Crippen molar-refractivity contribution in [1.29, 1.82) is 0 Å². The summed E-state index contributed by atoms with van der Waals surface area (Å²) in [5.41, 5.74) is 1.52. The van der Waals surface area contributed by atoms with Crippen molar-refractivity contribution >= 4 is 15.8 Å². The summed E-state index contributed by atoms with van der Waals surface area (Å²) in [6.45, 7) is 6.08. The van der Waals surface area contributed by atoms with Crippen molar-refractivity contribution in [2.75, 3.05) is 10.5 Å². The number of nitrogens with zero attached hydrogens (tertiary/aromatic N) is 2. The molecule has 0 aliphatic carbocycles. The molecule has 2 aromatic rings. The van der Waals surface area contributed by atoms with Gasteiger partial charge in [-0.3, -0.25) is 14.8 Å². The fourth-order valence-corrected chi connectivity index (χ4v) is 2.76. The zero-order valence-electron chi connectivity index (χ0n) is 12.4. The molecule has 2 aromatic heterocycles. The molecule has 0 aliphatic rings. The molecule has 0 saturated carbocycles. The average Bonchev–Trinajstić information content (AvgIpc) is 2.85. The lowest BCUT2D eigenvalue weighted by Gasteiger charge is -2.14. The van der Waals surface area contributed by atoms with Crippen molar-refractivity contribution in [2.24, 2.45) is 0 Å². The summed E-state index contributed by atoms with van der Waals surface area (Å²) in [5, 5.41) is 6.84. The highest BCUT2D eigenvalue weighted by Gasteiger charge is 2.19. The van der Waals surface area contributed by atoms with E-state index in [2.05, 4.69) is 19.9 Å². The number of pyridine rings is 1. The van der Waals surface area contributed by atoms with Crippen LogP contribution in [-0.4, -0.2) is 29.4 Å². The second-order valence-electron chi connectivity index (χ2n) is 5.91. The van der Waals surface area contributed by atoms with E-state index in [1.54, 1.807) is 18.3 Å². The molecule has 0 amide bonds. The molecule has 21 heavy (non-hydrogen) atoms. The minimum absolute atomic E-state index is 0.0261. The number of nitrogens with one attached hydrogen (secondary N) is 2. The van der Waals surface area contributed by atoms with E-state index in [4.69, 9.17) is 0 Å². The molecule has 0 unspecified atom stereocenters. The van der Waals surface area contributed by atoms with E-state index in [-0.39, 0.29) is 11.2 Å². The average molecular weight is 308 g/mol. The third-order valence-corrected chi connectivity index (χ3v) is 4.26. The number of rotatable bonds is 5. The van der Waals surface area contributed by atoms with Crippen molar-refractivity contribution in [3.05, 3.63) is 41.9 Å². The first kappa shape index (κ1) is 15.5. The van der Waals surface area contributed by atoms with Crippen LogP contribution < -0.4 is 4.72 Å². The number of H-pyrrole nitrogens is 1. The largest absolute Gasteiger partial charge is 0.280 e. The van der Waals surface area contributed by atoms with Gasteiger partial charge < -0.3 is 0 Å². The lowest BCUT2D eigenvalue weighted by Crippen LogP contribution is -2.18. The second kappa shape index (κ2) is 5.85. The van der Waals surface area contributed by atoms with Gasteiger partial charge in [0.15, 0.2) is 5.82 Å². The Morgan fingerprint density at radius 1 is 1.29 bits per heavy atom. The molecule has 7 heteroatoms. The van der Waals surface area contributed by atoms with E-state index in [1.165, 1.54) is 0 Å². The fourth-order valence-electron chi connectivity index (χ4n) is 1.75. The van der Waals surface area contributed by atoms with E-state index in [1.807, 2.05) is 32.9 Å². The van der Waals surface area contributed by atoms with Gasteiger partial charge in [-0.15, -0.1) is 0 Å². The molecule has 6 nitrogen and oxygen atoms in total. The molecule has 0 bridgehead atoms. The van der Waals surface area contributed by atoms with Crippen LogP contribution in [0.2, 0.25) is 0 Å². The fraction of sp³-hybridized carbons (Fsp3) is 0.429. The van der Waals surface area contributed by atoms with Gasteiger partial charge in [0.25, 0.3) is 0 Å². The highest BCUT2D eigenvalue weighted by Crippen LogP contribution is 2.22. The van der Waals surface area contributed by atoms with Gasteiger partial charge >= 0.3 is 0 Å². The first-order valence-electron chi connectivity index (χ1n) is 6.72. The zero-order valence-corrected chi connectivity index (χ0v) is 13.2. The highest BCUT2D eigenvalue weighted by molar-refractivity contribution is 7.92. The van der Waals surface area contributed by atoms with Crippen molar-refractivity contribution < 1.29 is 8.42 Å². The third kappa shape index (κ3) is 4.56. The van der Waals surface area contributed by atoms with Crippen LogP contribution in [0.1, 0.15) is 32.2 Å². The minimum atomic E-state index is -3.44. The van der Waals surface area contributed by atoms with Crippen molar-refractivity contribution in [2.45, 2.75) is 32.6 Å². The molecule has 2 N–H and O–H groups in total. The molecule has 0 saturated heterocycles. The molecule has 114 valence electrons. The second-order valence-corrected chi connectivity index (χ2v) is 7.75. The number of aryl methyl sites for hydroxylation is 1. The highest BCUT2D eigenvalue weighted by atomic mass is 32.2. The van der Waals surface area contributed by atoms with E-state index in [0.717, 1.165) is 11.4 Å². The summed E-state index contributed by atoms with van der Waals surface area (Å²) in [6.07, 6.45) is 2.02. The number of hydrogen-bond donors (Lipinski definition) is 2. The van der Waals surface area contributed by atoms with Gasteiger partial charge in [-0.1, -0.05) is 26.8 Å². The van der Waals surface area contributed by atoms with Crippen LogP contribution in [0.3, 0.4) is 0 Å². The summed E-state index contributed by atoms with van der Waals surface area (Å²) in [6, 6.07) is 7.17. The maximum absolute atomic E-state index is 12.0. The molecule has 0 atom stereocenters. The lowest BCUT2D eigenvalue weighted by atomic mass is 9.92. The number of aromatic nitrogens is 3. The van der Waals surface area contributed by atoms with Gasteiger partial charge in [-0.05, 0) is 12.1 Å². The first-order chi connectivity index (χ1) is 9.76. The number of anilines is 1. The lowest BCUT2D eigenvalue weighted by molar-refractivity contribution is 0.567. The monoisotopic (exact) mass is 308 g/mol. The number of sulfonamides is 1. The molecule has 0 aliphatic heterocycles. The van der Waals surface area contributed by atoms with Crippen LogP contribution in [0.5, 0.6) is 0 Å². The Hall–Kier alpha value is -1.89. The molecule has 0 fully saturated rings. The summed E-state index contributed by atoms with van der Waals surface area (Å²) in [4.78, 5) is 4.11. The van der Waals surface area contributed by atoms with Gasteiger partial charge in [0.1, 0.15) is 0 Å².